The Balaban J connectivity index is 2.04. The molecule has 0 saturated heterocycles. The lowest BCUT2D eigenvalue weighted by Gasteiger charge is -2.14. The number of nitrogens with two attached hydrogens (primary N) is 1. The average molecular weight is 414 g/mol. The highest BCUT2D eigenvalue weighted by molar-refractivity contribution is 9.11. The van der Waals surface area contributed by atoms with E-state index in [0.717, 1.165) is 14.5 Å². The minimum Gasteiger partial charge on any atom is -0.508 e. The Hall–Kier alpha value is -1.37. The summed E-state index contributed by atoms with van der Waals surface area (Å²) in [5, 5.41) is 12.0. The van der Waals surface area contributed by atoms with Crippen molar-refractivity contribution in [1.82, 2.24) is 0 Å². The number of phenolic OH excluding ortho intramolecular Hbond substituents is 1. The van der Waals surface area contributed by atoms with Gasteiger partial charge in [0.05, 0.1) is 11.7 Å². The van der Waals surface area contributed by atoms with Gasteiger partial charge in [-0.2, -0.15) is 0 Å². The highest BCUT2D eigenvalue weighted by atomic mass is 79.9. The van der Waals surface area contributed by atoms with Crippen LogP contribution in [0.2, 0.25) is 0 Å². The third-order valence-electron chi connectivity index (χ3n) is 2.94. The molecule has 2 aromatic rings. The fraction of sp³-hybridized carbons (Fsp3) is 0.133. The maximum atomic E-state index is 12.2. The van der Waals surface area contributed by atoms with E-state index in [1.807, 2.05) is 18.2 Å². The summed E-state index contributed by atoms with van der Waals surface area (Å²) in [5.41, 5.74) is 7.48. The van der Waals surface area contributed by atoms with Crippen LogP contribution in [0, 0.1) is 0 Å². The van der Waals surface area contributed by atoms with Crippen LogP contribution in [0.5, 0.6) is 5.75 Å². The molecule has 0 saturated carbocycles. The van der Waals surface area contributed by atoms with Gasteiger partial charge in [-0.1, -0.05) is 18.2 Å². The molecule has 1 unspecified atom stereocenters. The molecule has 1 amide bonds. The lowest BCUT2D eigenvalue weighted by atomic mass is 10.1. The van der Waals surface area contributed by atoms with Crippen molar-refractivity contribution in [3.8, 4) is 5.75 Å². The van der Waals surface area contributed by atoms with Crippen LogP contribution < -0.4 is 11.1 Å². The van der Waals surface area contributed by atoms with Crippen molar-refractivity contribution in [3.63, 3.8) is 0 Å². The quantitative estimate of drug-likeness (QED) is 0.718. The van der Waals surface area contributed by atoms with E-state index in [4.69, 9.17) is 5.73 Å². The predicted octanol–water partition coefficient (Wildman–Crippen LogP) is 3.43. The van der Waals surface area contributed by atoms with E-state index in [-0.39, 0.29) is 11.7 Å². The van der Waals surface area contributed by atoms with E-state index in [1.54, 1.807) is 24.3 Å². The van der Waals surface area contributed by atoms with Gasteiger partial charge in [0.15, 0.2) is 0 Å². The van der Waals surface area contributed by atoms with Gasteiger partial charge in [0.2, 0.25) is 5.91 Å². The molecular weight excluding hydrogens is 400 g/mol. The second-order valence-corrected chi connectivity index (χ2v) is 6.27. The number of aromatic hydroxyl groups is 1. The molecule has 0 bridgehead atoms. The SMILES string of the molecule is NC(Cc1ccc(O)cc1)C(=O)Nc1c(Br)cccc1Br. The highest BCUT2D eigenvalue weighted by Gasteiger charge is 2.16. The van der Waals surface area contributed by atoms with Gasteiger partial charge in [-0.15, -0.1) is 0 Å². The second kappa shape index (κ2) is 7.06. The van der Waals surface area contributed by atoms with Crippen molar-refractivity contribution < 1.29 is 9.90 Å². The first kappa shape index (κ1) is 16.0. The molecule has 0 fully saturated rings. The van der Waals surface area contributed by atoms with Gasteiger partial charge < -0.3 is 16.2 Å². The molecule has 6 heteroatoms. The van der Waals surface area contributed by atoms with Crippen LogP contribution in [0.25, 0.3) is 0 Å². The zero-order valence-corrected chi connectivity index (χ0v) is 14.2. The number of carbonyl (C=O) groups is 1. The molecule has 21 heavy (non-hydrogen) atoms. The van der Waals surface area contributed by atoms with Crippen LogP contribution in [0.15, 0.2) is 51.4 Å². The molecule has 1 atom stereocenters. The average Bonchev–Trinajstić information content (AvgIpc) is 2.45. The normalized spacial score (nSPS) is 12.0. The standard InChI is InChI=1S/C15H14Br2N2O2/c16-11-2-1-3-12(17)14(11)19-15(21)13(18)8-9-4-6-10(20)7-5-9/h1-7,13,20H,8,18H2,(H,19,21). The van der Waals surface area contributed by atoms with Crippen LogP contribution in [0.4, 0.5) is 5.69 Å². The van der Waals surface area contributed by atoms with E-state index in [0.29, 0.717) is 12.1 Å². The summed E-state index contributed by atoms with van der Waals surface area (Å²) in [5.74, 6) is -0.0791. The van der Waals surface area contributed by atoms with Crippen molar-refractivity contribution in [2.24, 2.45) is 5.73 Å². The summed E-state index contributed by atoms with van der Waals surface area (Å²) in [6, 6.07) is 11.5. The number of para-hydroxylation sites is 1. The first-order valence-corrected chi connectivity index (χ1v) is 7.84. The van der Waals surface area contributed by atoms with Crippen molar-refractivity contribution in [2.45, 2.75) is 12.5 Å². The van der Waals surface area contributed by atoms with Crippen molar-refractivity contribution in [1.29, 1.82) is 0 Å². The molecule has 0 radical (unpaired) electrons. The van der Waals surface area contributed by atoms with Gasteiger partial charge in [-0.3, -0.25) is 4.79 Å². The molecule has 0 spiro atoms. The lowest BCUT2D eigenvalue weighted by Crippen LogP contribution is -2.37. The number of anilines is 1. The summed E-state index contributed by atoms with van der Waals surface area (Å²) in [6.07, 6.45) is 0.397. The van der Waals surface area contributed by atoms with Gasteiger partial charge in [-0.05, 0) is 68.1 Å². The molecule has 4 nitrogen and oxygen atoms in total. The smallest absolute Gasteiger partial charge is 0.241 e. The van der Waals surface area contributed by atoms with Gasteiger partial charge in [0.1, 0.15) is 5.75 Å². The van der Waals surface area contributed by atoms with E-state index in [9.17, 15) is 9.90 Å². The molecule has 0 aliphatic carbocycles. The van der Waals surface area contributed by atoms with Crippen molar-refractivity contribution in [3.05, 3.63) is 57.0 Å². The van der Waals surface area contributed by atoms with Gasteiger partial charge >= 0.3 is 0 Å². The molecule has 110 valence electrons. The Morgan fingerprint density at radius 3 is 2.29 bits per heavy atom. The van der Waals surface area contributed by atoms with Gasteiger partial charge in [0.25, 0.3) is 0 Å². The summed E-state index contributed by atoms with van der Waals surface area (Å²) in [6.45, 7) is 0. The molecule has 0 heterocycles. The van der Waals surface area contributed by atoms with Crippen molar-refractivity contribution in [2.75, 3.05) is 5.32 Å². The van der Waals surface area contributed by atoms with Crippen LogP contribution in [0.1, 0.15) is 5.56 Å². The van der Waals surface area contributed by atoms with E-state index >= 15 is 0 Å². The molecule has 0 aliphatic rings. The first-order valence-electron chi connectivity index (χ1n) is 6.25. The van der Waals surface area contributed by atoms with Gasteiger partial charge in [0, 0.05) is 8.95 Å². The third-order valence-corrected chi connectivity index (χ3v) is 4.26. The number of hydrogen-bond donors (Lipinski definition) is 3. The van der Waals surface area contributed by atoms with E-state index in [2.05, 4.69) is 37.2 Å². The Morgan fingerprint density at radius 2 is 1.71 bits per heavy atom. The van der Waals surface area contributed by atoms with Crippen molar-refractivity contribution >= 4 is 43.5 Å². The van der Waals surface area contributed by atoms with E-state index < -0.39 is 6.04 Å². The monoisotopic (exact) mass is 412 g/mol. The number of nitrogens with one attached hydrogen (secondary N) is 1. The Kier molecular flexibility index (Phi) is 5.39. The van der Waals surface area contributed by atoms with Crippen LogP contribution >= 0.6 is 31.9 Å². The summed E-state index contributed by atoms with van der Waals surface area (Å²) < 4.78 is 1.56. The highest BCUT2D eigenvalue weighted by Crippen LogP contribution is 2.30. The largest absolute Gasteiger partial charge is 0.508 e. The number of hydrogen-bond acceptors (Lipinski definition) is 3. The summed E-state index contributed by atoms with van der Waals surface area (Å²) >= 11 is 6.77. The third kappa shape index (κ3) is 4.30. The Bertz CT molecular complexity index is 624. The predicted molar refractivity (Wildman–Crippen MR) is 90.3 cm³/mol. The number of amides is 1. The fourth-order valence-corrected chi connectivity index (χ4v) is 3.01. The fourth-order valence-electron chi connectivity index (χ4n) is 1.81. The number of carbonyl (C=O) groups excluding carboxylic acids is 1. The molecule has 2 rings (SSSR count). The number of benzene rings is 2. The number of rotatable bonds is 4. The summed E-state index contributed by atoms with van der Waals surface area (Å²) in [4.78, 5) is 12.2. The topological polar surface area (TPSA) is 75.3 Å². The molecule has 0 aromatic heterocycles. The second-order valence-electron chi connectivity index (χ2n) is 4.56. The molecule has 2 aromatic carbocycles. The van der Waals surface area contributed by atoms with E-state index in [1.165, 1.54) is 0 Å². The van der Waals surface area contributed by atoms with Gasteiger partial charge in [-0.25, -0.2) is 0 Å². The minimum atomic E-state index is -0.673. The number of halogens is 2. The zero-order valence-electron chi connectivity index (χ0n) is 11.0. The zero-order chi connectivity index (χ0) is 15.4. The van der Waals surface area contributed by atoms with Crippen LogP contribution in [-0.4, -0.2) is 17.1 Å². The maximum Gasteiger partial charge on any atom is 0.241 e. The Morgan fingerprint density at radius 1 is 1.14 bits per heavy atom. The molecule has 0 aliphatic heterocycles. The summed E-state index contributed by atoms with van der Waals surface area (Å²) in [7, 11) is 0. The minimum absolute atomic E-state index is 0.189. The Labute approximate surface area is 139 Å². The maximum absolute atomic E-state index is 12.2. The molecular formula is C15H14Br2N2O2. The molecule has 4 N–H and O–H groups in total. The first-order chi connectivity index (χ1) is 9.97. The lowest BCUT2D eigenvalue weighted by molar-refractivity contribution is -0.117. The number of phenols is 1. The van der Waals surface area contributed by atoms with Crippen LogP contribution in [0.3, 0.4) is 0 Å². The van der Waals surface area contributed by atoms with Crippen LogP contribution in [-0.2, 0) is 11.2 Å².